The maximum absolute atomic E-state index is 12.6. The summed E-state index contributed by atoms with van der Waals surface area (Å²) in [6, 6.07) is 10.1. The minimum Gasteiger partial charge on any atom is -0.406 e. The van der Waals surface area contributed by atoms with Crippen molar-refractivity contribution < 1.29 is 22.7 Å². The zero-order valence-electron chi connectivity index (χ0n) is 21.1. The SMILES string of the molecule is O=C(CC1CCN(Cc2cccc(OC(F)(F)F)c2)CC1)Nc1nnc(N[C@@H]2CCN(c3cccnn3)C2)s1. The predicted octanol–water partition coefficient (Wildman–Crippen LogP) is 4.16. The van der Waals surface area contributed by atoms with Gasteiger partial charge in [-0.1, -0.05) is 23.5 Å². The van der Waals surface area contributed by atoms with Gasteiger partial charge in [0.05, 0.1) is 0 Å². The van der Waals surface area contributed by atoms with Gasteiger partial charge < -0.3 is 20.3 Å². The highest BCUT2D eigenvalue weighted by atomic mass is 32.1. The fourth-order valence-corrected chi connectivity index (χ4v) is 5.67. The number of rotatable bonds is 9. The summed E-state index contributed by atoms with van der Waals surface area (Å²) in [5.74, 6) is 0.775. The summed E-state index contributed by atoms with van der Waals surface area (Å²) in [5, 5.41) is 23.7. The summed E-state index contributed by atoms with van der Waals surface area (Å²) in [6.45, 7) is 3.72. The second-order valence-electron chi connectivity index (χ2n) is 9.74. The Morgan fingerprint density at radius 1 is 1.05 bits per heavy atom. The number of aromatic nitrogens is 4. The van der Waals surface area contributed by atoms with Crippen LogP contribution in [0.15, 0.2) is 42.6 Å². The van der Waals surface area contributed by atoms with E-state index in [0.29, 0.717) is 23.2 Å². The zero-order chi connectivity index (χ0) is 27.2. The third-order valence-corrected chi connectivity index (χ3v) is 7.56. The number of nitrogens with one attached hydrogen (secondary N) is 2. The van der Waals surface area contributed by atoms with E-state index in [1.54, 1.807) is 18.3 Å². The van der Waals surface area contributed by atoms with Crippen molar-refractivity contribution in [2.45, 2.75) is 44.6 Å². The first-order chi connectivity index (χ1) is 18.8. The van der Waals surface area contributed by atoms with E-state index in [0.717, 1.165) is 56.8 Å². The van der Waals surface area contributed by atoms with E-state index in [1.807, 2.05) is 12.1 Å². The summed E-state index contributed by atoms with van der Waals surface area (Å²) in [4.78, 5) is 17.0. The first kappa shape index (κ1) is 27.1. The average Bonchev–Trinajstić information content (AvgIpc) is 3.55. The van der Waals surface area contributed by atoms with E-state index in [4.69, 9.17) is 0 Å². The number of nitrogens with zero attached hydrogens (tertiary/aromatic N) is 6. The highest BCUT2D eigenvalue weighted by Crippen LogP contribution is 2.28. The molecule has 0 saturated carbocycles. The van der Waals surface area contributed by atoms with Gasteiger partial charge >= 0.3 is 6.36 Å². The standard InChI is InChI=1S/C25H29F3N8O2S/c26-25(27,28)38-20-4-1-3-18(13-20)15-35-10-6-17(7-11-35)14-22(37)31-24-34-33-23(39-24)30-19-8-12-36(16-19)21-5-2-9-29-32-21/h1-5,9,13,17,19H,6-8,10-12,14-16H2,(H,30,33)(H,31,34,37)/t19-/m1/s1. The molecule has 208 valence electrons. The zero-order valence-corrected chi connectivity index (χ0v) is 21.9. The minimum atomic E-state index is -4.71. The number of carbonyl (C=O) groups is 1. The van der Waals surface area contributed by atoms with Crippen LogP contribution in [0.25, 0.3) is 0 Å². The maximum Gasteiger partial charge on any atom is 0.573 e. The molecule has 0 unspecified atom stereocenters. The molecular formula is C25H29F3N8O2S. The first-order valence-electron chi connectivity index (χ1n) is 12.8. The normalized spacial score (nSPS) is 18.7. The first-order valence-corrected chi connectivity index (χ1v) is 13.6. The Morgan fingerprint density at radius 2 is 1.87 bits per heavy atom. The van der Waals surface area contributed by atoms with Crippen LogP contribution in [0.5, 0.6) is 5.75 Å². The van der Waals surface area contributed by atoms with Gasteiger partial charge in [-0.2, -0.15) is 5.10 Å². The molecule has 2 aliphatic rings. The van der Waals surface area contributed by atoms with Gasteiger partial charge in [0.1, 0.15) is 5.75 Å². The smallest absolute Gasteiger partial charge is 0.406 e. The topological polar surface area (TPSA) is 108 Å². The van der Waals surface area contributed by atoms with Crippen LogP contribution in [0, 0.1) is 5.92 Å². The summed E-state index contributed by atoms with van der Waals surface area (Å²) >= 11 is 1.31. The van der Waals surface area contributed by atoms with Crippen molar-refractivity contribution in [3.63, 3.8) is 0 Å². The molecule has 1 amide bonds. The Labute approximate surface area is 227 Å². The third kappa shape index (κ3) is 7.99. The molecule has 0 bridgehead atoms. The number of halogens is 3. The number of hydrogen-bond acceptors (Lipinski definition) is 10. The number of ether oxygens (including phenoxy) is 1. The van der Waals surface area contributed by atoms with E-state index >= 15 is 0 Å². The third-order valence-electron chi connectivity index (χ3n) is 6.79. The molecule has 2 aromatic heterocycles. The number of amides is 1. The maximum atomic E-state index is 12.6. The number of hydrogen-bond donors (Lipinski definition) is 2. The lowest BCUT2D eigenvalue weighted by atomic mass is 9.93. The Kier molecular flexibility index (Phi) is 8.41. The summed E-state index contributed by atoms with van der Waals surface area (Å²) in [5.41, 5.74) is 0.757. The number of piperidine rings is 1. The number of anilines is 3. The molecule has 0 radical (unpaired) electrons. The average molecular weight is 563 g/mol. The second-order valence-corrected chi connectivity index (χ2v) is 10.7. The second kappa shape index (κ2) is 12.1. The van der Waals surface area contributed by atoms with Crippen molar-refractivity contribution >= 4 is 33.3 Å². The number of likely N-dealkylation sites (tertiary alicyclic amines) is 1. The Bertz CT molecular complexity index is 1240. The van der Waals surface area contributed by atoms with Crippen LogP contribution in [0.1, 0.15) is 31.2 Å². The molecule has 10 nitrogen and oxygen atoms in total. The van der Waals surface area contributed by atoms with E-state index in [2.05, 4.69) is 45.6 Å². The van der Waals surface area contributed by atoms with Gasteiger partial charge in [-0.3, -0.25) is 9.69 Å². The molecule has 5 rings (SSSR count). The quantitative estimate of drug-likeness (QED) is 0.398. The van der Waals surface area contributed by atoms with Crippen molar-refractivity contribution in [1.29, 1.82) is 0 Å². The van der Waals surface area contributed by atoms with Crippen molar-refractivity contribution in [1.82, 2.24) is 25.3 Å². The molecule has 14 heteroatoms. The molecule has 4 heterocycles. The van der Waals surface area contributed by atoms with Crippen LogP contribution in [0.2, 0.25) is 0 Å². The van der Waals surface area contributed by atoms with Crippen molar-refractivity contribution in [3.8, 4) is 5.75 Å². The molecule has 0 spiro atoms. The molecule has 2 fully saturated rings. The molecule has 3 aromatic rings. The van der Waals surface area contributed by atoms with E-state index in [1.165, 1.54) is 23.5 Å². The summed E-state index contributed by atoms with van der Waals surface area (Å²) in [6.07, 6.45) is -0.0670. The molecule has 2 aliphatic heterocycles. The van der Waals surface area contributed by atoms with Crippen LogP contribution < -0.4 is 20.3 Å². The minimum absolute atomic E-state index is 0.0946. The van der Waals surface area contributed by atoms with Gasteiger partial charge in [-0.05, 0) is 68.1 Å². The van der Waals surface area contributed by atoms with Crippen molar-refractivity contribution in [2.75, 3.05) is 41.7 Å². The fraction of sp³-hybridized carbons (Fsp3) is 0.480. The molecule has 1 aromatic carbocycles. The van der Waals surface area contributed by atoms with Gasteiger partial charge in [0.15, 0.2) is 5.82 Å². The highest BCUT2D eigenvalue weighted by Gasteiger charge is 2.31. The van der Waals surface area contributed by atoms with Crippen molar-refractivity contribution in [2.24, 2.45) is 5.92 Å². The van der Waals surface area contributed by atoms with Crippen LogP contribution in [0.3, 0.4) is 0 Å². The number of benzene rings is 1. The highest BCUT2D eigenvalue weighted by molar-refractivity contribution is 7.19. The van der Waals surface area contributed by atoms with E-state index in [-0.39, 0.29) is 23.6 Å². The van der Waals surface area contributed by atoms with Gasteiger partial charge in [-0.15, -0.1) is 28.5 Å². The lowest BCUT2D eigenvalue weighted by Crippen LogP contribution is -2.34. The van der Waals surface area contributed by atoms with Crippen LogP contribution in [-0.4, -0.2) is 69.8 Å². The van der Waals surface area contributed by atoms with Crippen molar-refractivity contribution in [3.05, 3.63) is 48.2 Å². The van der Waals surface area contributed by atoms with Crippen LogP contribution in [0.4, 0.5) is 29.3 Å². The van der Waals surface area contributed by atoms with E-state index < -0.39 is 6.36 Å². The lowest BCUT2D eigenvalue weighted by molar-refractivity contribution is -0.274. The predicted molar refractivity (Wildman–Crippen MR) is 141 cm³/mol. The van der Waals surface area contributed by atoms with Gasteiger partial charge in [0, 0.05) is 38.3 Å². The number of alkyl halides is 3. The van der Waals surface area contributed by atoms with Gasteiger partial charge in [0.2, 0.25) is 16.2 Å². The molecule has 2 saturated heterocycles. The largest absolute Gasteiger partial charge is 0.573 e. The van der Waals surface area contributed by atoms with Gasteiger partial charge in [0.25, 0.3) is 0 Å². The van der Waals surface area contributed by atoms with E-state index in [9.17, 15) is 18.0 Å². The molecule has 39 heavy (non-hydrogen) atoms. The lowest BCUT2D eigenvalue weighted by Gasteiger charge is -2.31. The Balaban J connectivity index is 1.02. The molecule has 1 atom stereocenters. The fourth-order valence-electron chi connectivity index (χ4n) is 4.94. The number of carbonyl (C=O) groups excluding carboxylic acids is 1. The van der Waals surface area contributed by atoms with Crippen LogP contribution in [-0.2, 0) is 11.3 Å². The summed E-state index contributed by atoms with van der Waals surface area (Å²) in [7, 11) is 0. The summed E-state index contributed by atoms with van der Waals surface area (Å²) < 4.78 is 41.5. The molecule has 0 aliphatic carbocycles. The monoisotopic (exact) mass is 562 g/mol. The molecular weight excluding hydrogens is 533 g/mol. The molecule has 2 N–H and O–H groups in total. The Hall–Kier alpha value is -3.52. The van der Waals surface area contributed by atoms with Gasteiger partial charge in [-0.25, -0.2) is 0 Å². The Morgan fingerprint density at radius 3 is 2.64 bits per heavy atom. The van der Waals surface area contributed by atoms with Crippen LogP contribution >= 0.6 is 11.3 Å².